The smallest absolute Gasteiger partial charge is 0.210 e. The number of halogens is 2. The first-order valence-electron chi connectivity index (χ1n) is 1.97. The van der Waals surface area contributed by atoms with Gasteiger partial charge in [0.15, 0.2) is 0 Å². The van der Waals surface area contributed by atoms with Gasteiger partial charge in [-0.1, -0.05) is 12.7 Å². The van der Waals surface area contributed by atoms with Gasteiger partial charge in [0.25, 0.3) is 0 Å². The van der Waals surface area contributed by atoms with Crippen LogP contribution in [0.15, 0.2) is 25.3 Å². The number of hydrogen-bond donors (Lipinski definition) is 0. The topological polar surface area (TPSA) is 31.5 Å². The van der Waals surface area contributed by atoms with Gasteiger partial charge in [-0.15, -0.1) is 6.58 Å². The van der Waals surface area contributed by atoms with Crippen molar-refractivity contribution in [1.82, 2.24) is 0 Å². The van der Waals surface area contributed by atoms with Crippen molar-refractivity contribution in [3.8, 4) is 0 Å². The van der Waals surface area contributed by atoms with E-state index in [2.05, 4.69) is 13.2 Å². The van der Waals surface area contributed by atoms with E-state index in [4.69, 9.17) is 0 Å². The molecule has 9 heavy (non-hydrogen) atoms. The second kappa shape index (κ2) is 26.6. The van der Waals surface area contributed by atoms with Crippen LogP contribution in [0, 0.1) is 6.67 Å². The van der Waals surface area contributed by atoms with E-state index in [9.17, 15) is 8.78 Å². The van der Waals surface area contributed by atoms with Crippen molar-refractivity contribution in [1.29, 1.82) is 0 Å². The van der Waals surface area contributed by atoms with E-state index in [1.807, 2.05) is 0 Å². The Bertz CT molecular complexity index is 47.0. The fourth-order valence-electron chi connectivity index (χ4n) is 0. The highest BCUT2D eigenvalue weighted by molar-refractivity contribution is 4.74. The van der Waals surface area contributed by atoms with Gasteiger partial charge in [-0.3, -0.25) is 0 Å². The Morgan fingerprint density at radius 2 is 1.67 bits per heavy atom. The van der Waals surface area contributed by atoms with Crippen molar-refractivity contribution in [2.45, 2.75) is 0 Å². The minimum absolute atomic E-state index is 0. The van der Waals surface area contributed by atoms with Gasteiger partial charge in [0.1, 0.15) is 6.67 Å². The van der Waals surface area contributed by atoms with Crippen molar-refractivity contribution >= 4 is 0 Å². The van der Waals surface area contributed by atoms with Crippen molar-refractivity contribution in [2.24, 2.45) is 0 Å². The summed E-state index contributed by atoms with van der Waals surface area (Å²) in [4.78, 5) is 0. The van der Waals surface area contributed by atoms with E-state index < -0.39 is 6.67 Å². The largest absolute Gasteiger partial charge is 0.412 e. The molecule has 0 saturated carbocycles. The van der Waals surface area contributed by atoms with E-state index in [1.165, 1.54) is 12.8 Å². The molecule has 0 aromatic rings. The number of allylic oxidation sites excluding steroid dienone is 2. The summed E-state index contributed by atoms with van der Waals surface area (Å²) in [6.45, 7) is 6.88. The SMILES string of the molecule is C=CCF.C=C[C]F.O. The van der Waals surface area contributed by atoms with Crippen LogP contribution in [-0.4, -0.2) is 12.2 Å². The van der Waals surface area contributed by atoms with Crippen molar-refractivity contribution < 1.29 is 14.3 Å². The van der Waals surface area contributed by atoms with Crippen LogP contribution < -0.4 is 0 Å². The van der Waals surface area contributed by atoms with Crippen LogP contribution in [0.25, 0.3) is 0 Å². The molecule has 0 bridgehead atoms. The molecule has 0 aliphatic heterocycles. The van der Waals surface area contributed by atoms with Crippen LogP contribution in [0.2, 0.25) is 0 Å². The number of rotatable bonds is 2. The average Bonchev–Trinajstić information content (AvgIpc) is 1.88. The van der Waals surface area contributed by atoms with Gasteiger partial charge in [0.2, 0.25) is 6.67 Å². The Hall–Kier alpha value is -0.700. The molecule has 0 amide bonds. The van der Waals surface area contributed by atoms with E-state index in [0.717, 1.165) is 6.08 Å². The molecule has 2 radical (unpaired) electrons. The van der Waals surface area contributed by atoms with Crippen LogP contribution in [0.4, 0.5) is 8.78 Å². The molecule has 2 N–H and O–H groups in total. The second-order valence-electron chi connectivity index (χ2n) is 0.756. The van der Waals surface area contributed by atoms with Crippen molar-refractivity contribution in [2.75, 3.05) is 6.67 Å². The molecule has 0 rings (SSSR count). The molecule has 0 aliphatic rings. The fourth-order valence-corrected chi connectivity index (χ4v) is 0. The summed E-state index contributed by atoms with van der Waals surface area (Å²) in [6, 6.07) is 0. The van der Waals surface area contributed by atoms with Gasteiger partial charge in [-0.05, 0) is 6.08 Å². The molecule has 0 aromatic heterocycles. The lowest BCUT2D eigenvalue weighted by Crippen LogP contribution is -1.48. The minimum Gasteiger partial charge on any atom is -0.412 e. The molecular formula is C6H10F2O. The molecule has 0 aliphatic carbocycles. The molecule has 0 unspecified atom stereocenters. The molecular weight excluding hydrogens is 126 g/mol. The zero-order valence-electron chi connectivity index (χ0n) is 5.03. The van der Waals surface area contributed by atoms with Crippen LogP contribution in [0.3, 0.4) is 0 Å². The van der Waals surface area contributed by atoms with Crippen molar-refractivity contribution in [3.63, 3.8) is 0 Å². The lowest BCUT2D eigenvalue weighted by atomic mass is 10.7. The van der Waals surface area contributed by atoms with E-state index in [0.29, 0.717) is 0 Å². The maximum Gasteiger partial charge on any atom is 0.210 e. The van der Waals surface area contributed by atoms with Crippen LogP contribution in [0.1, 0.15) is 0 Å². The van der Waals surface area contributed by atoms with E-state index in [1.54, 1.807) is 0 Å². The van der Waals surface area contributed by atoms with E-state index in [-0.39, 0.29) is 5.48 Å². The van der Waals surface area contributed by atoms with Gasteiger partial charge in [0.05, 0.1) is 0 Å². The molecule has 0 heterocycles. The highest BCUT2D eigenvalue weighted by Gasteiger charge is 1.55. The Morgan fingerprint density at radius 1 is 1.44 bits per heavy atom. The predicted octanol–water partition coefficient (Wildman–Crippen LogP) is 1.50. The highest BCUT2D eigenvalue weighted by atomic mass is 19.1. The molecule has 1 nitrogen and oxygen atoms in total. The third kappa shape index (κ3) is 121. The Balaban J connectivity index is -0.0000000720. The lowest BCUT2D eigenvalue weighted by molar-refractivity contribution is 0.562. The first-order valence-corrected chi connectivity index (χ1v) is 1.97. The molecule has 3 heteroatoms. The minimum atomic E-state index is -0.417. The molecule has 54 valence electrons. The van der Waals surface area contributed by atoms with Gasteiger partial charge in [0, 0.05) is 0 Å². The zero-order valence-corrected chi connectivity index (χ0v) is 5.03. The maximum atomic E-state index is 10.6. The summed E-state index contributed by atoms with van der Waals surface area (Å²) in [5.41, 5.74) is 0. The van der Waals surface area contributed by atoms with Crippen LogP contribution in [-0.2, 0) is 0 Å². The Kier molecular flexibility index (Phi) is 46.5. The second-order valence-corrected chi connectivity index (χ2v) is 0.756. The first-order chi connectivity index (χ1) is 3.83. The average molecular weight is 136 g/mol. The summed E-state index contributed by atoms with van der Waals surface area (Å²) in [5, 5.41) is 0. The summed E-state index contributed by atoms with van der Waals surface area (Å²) in [5.74, 6) is 0. The fraction of sp³-hybridized carbons (Fsp3) is 0.167. The molecule has 0 spiro atoms. The lowest BCUT2D eigenvalue weighted by Gasteiger charge is -1.54. The Labute approximate surface area is 54.0 Å². The summed E-state index contributed by atoms with van der Waals surface area (Å²) < 4.78 is 21.0. The summed E-state index contributed by atoms with van der Waals surface area (Å²) in [6.07, 6.45) is 2.17. The maximum absolute atomic E-state index is 10.6. The summed E-state index contributed by atoms with van der Waals surface area (Å²) in [7, 11) is 0. The normalized spacial score (nSPS) is 5.56. The number of hydrogen-bond acceptors (Lipinski definition) is 0. The van der Waals surface area contributed by atoms with Crippen molar-refractivity contribution in [3.05, 3.63) is 32.0 Å². The van der Waals surface area contributed by atoms with Gasteiger partial charge >= 0.3 is 0 Å². The standard InChI is InChI=1S/C3H5F.C3H3F.H2O/c2*1-2-3-4;/h2H,1,3H2;2H,1H2;1H2. The summed E-state index contributed by atoms with van der Waals surface area (Å²) >= 11 is 0. The third-order valence-corrected chi connectivity index (χ3v) is 0.186. The molecule has 0 aromatic carbocycles. The third-order valence-electron chi connectivity index (χ3n) is 0.186. The molecule has 0 fully saturated rings. The van der Waals surface area contributed by atoms with Gasteiger partial charge in [-0.2, -0.15) is 0 Å². The molecule has 0 atom stereocenters. The van der Waals surface area contributed by atoms with E-state index >= 15 is 0 Å². The van der Waals surface area contributed by atoms with Crippen LogP contribution >= 0.6 is 0 Å². The zero-order chi connectivity index (χ0) is 6.83. The highest BCUT2D eigenvalue weighted by Crippen LogP contribution is 1.69. The van der Waals surface area contributed by atoms with Crippen LogP contribution in [0.5, 0.6) is 0 Å². The quantitative estimate of drug-likeness (QED) is 0.515. The monoisotopic (exact) mass is 136 g/mol. The number of alkyl halides is 1. The van der Waals surface area contributed by atoms with Gasteiger partial charge < -0.3 is 5.48 Å². The predicted molar refractivity (Wildman–Crippen MR) is 34.3 cm³/mol. The first kappa shape index (κ1) is 15.7. The Morgan fingerprint density at radius 3 is 1.67 bits per heavy atom. The van der Waals surface area contributed by atoms with Gasteiger partial charge in [-0.25, -0.2) is 8.78 Å². The molecule has 0 saturated heterocycles.